The van der Waals surface area contributed by atoms with E-state index in [0.29, 0.717) is 12.0 Å². The number of benzene rings is 4. The van der Waals surface area contributed by atoms with Crippen molar-refractivity contribution in [1.29, 1.82) is 0 Å². The van der Waals surface area contributed by atoms with E-state index in [2.05, 4.69) is 116 Å². The van der Waals surface area contributed by atoms with Gasteiger partial charge in [0.2, 0.25) is 0 Å². The minimum Gasteiger partial charge on any atom is -0.466 e. The Balaban J connectivity index is 1.78. The van der Waals surface area contributed by atoms with Crippen LogP contribution in [0.3, 0.4) is 0 Å². The van der Waals surface area contributed by atoms with E-state index in [9.17, 15) is 4.79 Å². The van der Waals surface area contributed by atoms with Crippen molar-refractivity contribution in [2.75, 3.05) is 17.3 Å². The molecule has 1 aliphatic heterocycles. The standard InChI is InChI=1S/C31H24Br4N2O2/c1-39-31(38)29-27(36-25-12-8-21(32)9-13-25)18-28(19-4-2-6-23(34)16-19)37(26-14-10-22(33)11-15-26)30(29)20-5-3-7-24(35)17-20/h2-17,28,30,36H,18H2,1H3. The lowest BCUT2D eigenvalue weighted by Gasteiger charge is -2.46. The van der Waals surface area contributed by atoms with E-state index in [-0.39, 0.29) is 12.0 Å². The molecule has 4 aromatic carbocycles. The topological polar surface area (TPSA) is 41.6 Å². The Hall–Kier alpha value is -2.39. The highest BCUT2D eigenvalue weighted by Crippen LogP contribution is 2.48. The Morgan fingerprint density at radius 1 is 0.769 bits per heavy atom. The monoisotopic (exact) mass is 772 g/mol. The van der Waals surface area contributed by atoms with Crippen molar-refractivity contribution >= 4 is 81.1 Å². The molecule has 1 aliphatic rings. The number of nitrogens with one attached hydrogen (secondary N) is 1. The van der Waals surface area contributed by atoms with Crippen molar-refractivity contribution in [1.82, 2.24) is 0 Å². The molecule has 0 radical (unpaired) electrons. The molecule has 0 spiro atoms. The quantitative estimate of drug-likeness (QED) is 0.198. The number of esters is 1. The molecular weight excluding hydrogens is 752 g/mol. The number of hydrogen-bond donors (Lipinski definition) is 1. The maximum absolute atomic E-state index is 13.6. The summed E-state index contributed by atoms with van der Waals surface area (Å²) in [6.45, 7) is 0. The van der Waals surface area contributed by atoms with Gasteiger partial charge in [-0.2, -0.15) is 0 Å². The molecule has 1 heterocycles. The smallest absolute Gasteiger partial charge is 0.337 e. The normalized spacial score (nSPS) is 17.2. The third-order valence-electron chi connectivity index (χ3n) is 6.68. The average molecular weight is 776 g/mol. The zero-order valence-electron chi connectivity index (χ0n) is 20.9. The van der Waals surface area contributed by atoms with Gasteiger partial charge in [-0.3, -0.25) is 0 Å². The van der Waals surface area contributed by atoms with Gasteiger partial charge >= 0.3 is 5.97 Å². The lowest BCUT2D eigenvalue weighted by Crippen LogP contribution is -2.41. The van der Waals surface area contributed by atoms with Crippen molar-refractivity contribution in [2.24, 2.45) is 0 Å². The highest BCUT2D eigenvalue weighted by molar-refractivity contribution is 9.11. The predicted octanol–water partition coefficient (Wildman–Crippen LogP) is 9.97. The van der Waals surface area contributed by atoms with Crippen LogP contribution in [0.4, 0.5) is 11.4 Å². The average Bonchev–Trinajstić information content (AvgIpc) is 2.94. The van der Waals surface area contributed by atoms with E-state index in [0.717, 1.165) is 46.1 Å². The van der Waals surface area contributed by atoms with Gasteiger partial charge in [0.1, 0.15) is 0 Å². The summed E-state index contributed by atoms with van der Waals surface area (Å²) in [4.78, 5) is 16.0. The molecule has 39 heavy (non-hydrogen) atoms. The summed E-state index contributed by atoms with van der Waals surface area (Å²) < 4.78 is 9.34. The molecule has 1 N–H and O–H groups in total. The van der Waals surface area contributed by atoms with Gasteiger partial charge in [-0.05, 0) is 83.9 Å². The van der Waals surface area contributed by atoms with Crippen molar-refractivity contribution in [3.63, 3.8) is 0 Å². The zero-order valence-corrected chi connectivity index (χ0v) is 27.2. The molecule has 8 heteroatoms. The van der Waals surface area contributed by atoms with Crippen molar-refractivity contribution < 1.29 is 9.53 Å². The summed E-state index contributed by atoms with van der Waals surface area (Å²) in [6, 6.07) is 32.2. The lowest BCUT2D eigenvalue weighted by atomic mass is 9.84. The Bertz CT molecular complexity index is 1520. The third kappa shape index (κ3) is 6.35. The second kappa shape index (κ2) is 12.4. The fourth-order valence-corrected chi connectivity index (χ4v) is 6.36. The zero-order chi connectivity index (χ0) is 27.5. The summed E-state index contributed by atoms with van der Waals surface area (Å²) in [5.41, 5.74) is 5.40. The number of ether oxygens (including phenoxy) is 1. The van der Waals surface area contributed by atoms with Crippen LogP contribution in [0.5, 0.6) is 0 Å². The molecule has 4 aromatic rings. The van der Waals surface area contributed by atoms with Gasteiger partial charge in [0.05, 0.1) is 24.8 Å². The number of halogens is 4. The molecule has 198 valence electrons. The van der Waals surface area contributed by atoms with Gasteiger partial charge in [0, 0.05) is 41.4 Å². The number of carbonyl (C=O) groups is 1. The fraction of sp³-hybridized carbons (Fsp3) is 0.129. The van der Waals surface area contributed by atoms with Crippen molar-refractivity contribution in [3.8, 4) is 0 Å². The van der Waals surface area contributed by atoms with Crippen LogP contribution < -0.4 is 10.2 Å². The van der Waals surface area contributed by atoms with Gasteiger partial charge < -0.3 is 15.0 Å². The largest absolute Gasteiger partial charge is 0.466 e. The summed E-state index contributed by atoms with van der Waals surface area (Å²) in [7, 11) is 1.44. The minimum absolute atomic E-state index is 0.0842. The maximum Gasteiger partial charge on any atom is 0.337 e. The Kier molecular flexibility index (Phi) is 8.96. The van der Waals surface area contributed by atoms with Crippen LogP contribution in [0.15, 0.2) is 126 Å². The van der Waals surface area contributed by atoms with Crippen LogP contribution in [0, 0.1) is 0 Å². The van der Waals surface area contributed by atoms with Crippen LogP contribution >= 0.6 is 63.7 Å². The SMILES string of the molecule is COC(=O)C1=C(Nc2ccc(Br)cc2)CC(c2cccc(Br)c2)N(c2ccc(Br)cc2)C1c1cccc(Br)c1. The molecule has 0 amide bonds. The molecular formula is C31H24Br4N2O2. The number of carbonyl (C=O) groups excluding carboxylic acids is 1. The fourth-order valence-electron chi connectivity index (χ4n) is 4.99. The van der Waals surface area contributed by atoms with Gasteiger partial charge in [-0.25, -0.2) is 4.79 Å². The van der Waals surface area contributed by atoms with Crippen LogP contribution in [-0.4, -0.2) is 13.1 Å². The number of nitrogens with zero attached hydrogens (tertiary/aromatic N) is 1. The highest BCUT2D eigenvalue weighted by atomic mass is 79.9. The Morgan fingerprint density at radius 2 is 1.33 bits per heavy atom. The Labute approximate surface area is 262 Å². The van der Waals surface area contributed by atoms with E-state index >= 15 is 0 Å². The first-order valence-corrected chi connectivity index (χ1v) is 15.4. The first kappa shape index (κ1) is 28.1. The maximum atomic E-state index is 13.6. The molecule has 2 atom stereocenters. The predicted molar refractivity (Wildman–Crippen MR) is 172 cm³/mol. The summed E-state index contributed by atoms with van der Waals surface area (Å²) in [5, 5.41) is 3.58. The lowest BCUT2D eigenvalue weighted by molar-refractivity contribution is -0.136. The molecule has 4 nitrogen and oxygen atoms in total. The van der Waals surface area contributed by atoms with Crippen LogP contribution in [-0.2, 0) is 9.53 Å². The van der Waals surface area contributed by atoms with E-state index in [1.807, 2.05) is 54.6 Å². The Morgan fingerprint density at radius 3 is 1.92 bits per heavy atom. The van der Waals surface area contributed by atoms with Crippen LogP contribution in [0.1, 0.15) is 29.6 Å². The van der Waals surface area contributed by atoms with Gasteiger partial charge in [-0.1, -0.05) is 88.0 Å². The highest BCUT2D eigenvalue weighted by Gasteiger charge is 2.41. The summed E-state index contributed by atoms with van der Waals surface area (Å²) >= 11 is 14.4. The molecule has 5 rings (SSSR count). The summed E-state index contributed by atoms with van der Waals surface area (Å²) in [5.74, 6) is -0.366. The number of rotatable bonds is 6. The van der Waals surface area contributed by atoms with Crippen molar-refractivity contribution in [2.45, 2.75) is 18.5 Å². The minimum atomic E-state index is -0.424. The van der Waals surface area contributed by atoms with Gasteiger partial charge in [0.25, 0.3) is 0 Å². The number of hydrogen-bond acceptors (Lipinski definition) is 4. The van der Waals surface area contributed by atoms with Crippen molar-refractivity contribution in [3.05, 3.63) is 137 Å². The molecule has 0 saturated heterocycles. The van der Waals surface area contributed by atoms with E-state index in [4.69, 9.17) is 4.74 Å². The molecule has 0 aliphatic carbocycles. The van der Waals surface area contributed by atoms with E-state index in [1.165, 1.54) is 7.11 Å². The van der Waals surface area contributed by atoms with Crippen LogP contribution in [0.2, 0.25) is 0 Å². The molecule has 0 fully saturated rings. The second-order valence-electron chi connectivity index (χ2n) is 9.13. The van der Waals surface area contributed by atoms with Gasteiger partial charge in [-0.15, -0.1) is 0 Å². The van der Waals surface area contributed by atoms with E-state index in [1.54, 1.807) is 0 Å². The second-order valence-corrected chi connectivity index (χ2v) is 12.8. The van der Waals surface area contributed by atoms with Gasteiger partial charge in [0.15, 0.2) is 0 Å². The molecule has 0 bridgehead atoms. The summed E-state index contributed by atoms with van der Waals surface area (Å²) in [6.07, 6.45) is 0.567. The first-order chi connectivity index (χ1) is 18.8. The first-order valence-electron chi connectivity index (χ1n) is 12.2. The molecule has 2 unspecified atom stereocenters. The third-order valence-corrected chi connectivity index (χ3v) is 8.72. The molecule has 0 saturated carbocycles. The van der Waals surface area contributed by atoms with E-state index < -0.39 is 6.04 Å². The number of anilines is 2. The number of methoxy groups -OCH3 is 1. The molecule has 0 aromatic heterocycles. The van der Waals surface area contributed by atoms with Crippen LogP contribution in [0.25, 0.3) is 0 Å².